The van der Waals surface area contributed by atoms with E-state index in [9.17, 15) is 9.59 Å². The van der Waals surface area contributed by atoms with Crippen LogP contribution in [-0.4, -0.2) is 24.1 Å². The molecule has 1 unspecified atom stereocenters. The van der Waals surface area contributed by atoms with Gasteiger partial charge in [0.05, 0.1) is 0 Å². The molecule has 1 fully saturated rings. The SMILES string of the molecule is Cc1ccc(OC(C)C(=O)Nc2ccc(NC(=O)NC3CC3)cc2)cc1. The number of ether oxygens (including phenoxy) is 1. The first-order valence-corrected chi connectivity index (χ1v) is 8.71. The summed E-state index contributed by atoms with van der Waals surface area (Å²) in [6.07, 6.45) is 1.46. The summed E-state index contributed by atoms with van der Waals surface area (Å²) >= 11 is 0. The van der Waals surface area contributed by atoms with Crippen molar-refractivity contribution in [2.45, 2.75) is 38.8 Å². The number of carbonyl (C=O) groups excluding carboxylic acids is 2. The molecule has 1 aliphatic carbocycles. The van der Waals surface area contributed by atoms with Gasteiger partial charge in [-0.1, -0.05) is 17.7 Å². The fraction of sp³-hybridized carbons (Fsp3) is 0.300. The smallest absolute Gasteiger partial charge is 0.319 e. The van der Waals surface area contributed by atoms with Crippen molar-refractivity contribution in [3.05, 3.63) is 54.1 Å². The van der Waals surface area contributed by atoms with Gasteiger partial charge in [-0.2, -0.15) is 0 Å². The van der Waals surface area contributed by atoms with Gasteiger partial charge in [0.25, 0.3) is 5.91 Å². The average molecular weight is 353 g/mol. The van der Waals surface area contributed by atoms with Gasteiger partial charge in [0.2, 0.25) is 0 Å². The molecule has 2 aromatic carbocycles. The molecule has 1 saturated carbocycles. The van der Waals surface area contributed by atoms with Crippen molar-refractivity contribution in [3.8, 4) is 5.75 Å². The van der Waals surface area contributed by atoms with Crippen molar-refractivity contribution in [1.82, 2.24) is 5.32 Å². The predicted molar refractivity (Wildman–Crippen MR) is 102 cm³/mol. The Kier molecular flexibility index (Phi) is 5.41. The molecule has 0 spiro atoms. The summed E-state index contributed by atoms with van der Waals surface area (Å²) in [5.41, 5.74) is 2.45. The number of hydrogen-bond acceptors (Lipinski definition) is 3. The molecule has 6 nitrogen and oxygen atoms in total. The minimum absolute atomic E-state index is 0.204. The van der Waals surface area contributed by atoms with E-state index in [2.05, 4.69) is 16.0 Å². The summed E-state index contributed by atoms with van der Waals surface area (Å²) in [5, 5.41) is 8.42. The van der Waals surface area contributed by atoms with Gasteiger partial charge >= 0.3 is 6.03 Å². The molecule has 1 atom stereocenters. The minimum Gasteiger partial charge on any atom is -0.481 e. The largest absolute Gasteiger partial charge is 0.481 e. The number of rotatable bonds is 6. The van der Waals surface area contributed by atoms with E-state index in [1.807, 2.05) is 31.2 Å². The van der Waals surface area contributed by atoms with Gasteiger partial charge < -0.3 is 20.7 Å². The Morgan fingerprint density at radius 3 is 2.12 bits per heavy atom. The monoisotopic (exact) mass is 353 g/mol. The van der Waals surface area contributed by atoms with E-state index in [1.54, 1.807) is 31.2 Å². The van der Waals surface area contributed by atoms with Gasteiger partial charge in [0, 0.05) is 17.4 Å². The second kappa shape index (κ2) is 7.91. The molecule has 0 aromatic heterocycles. The van der Waals surface area contributed by atoms with E-state index in [4.69, 9.17) is 4.74 Å². The molecule has 0 heterocycles. The summed E-state index contributed by atoms with van der Waals surface area (Å²) in [6.45, 7) is 3.70. The van der Waals surface area contributed by atoms with E-state index >= 15 is 0 Å². The Morgan fingerprint density at radius 2 is 1.54 bits per heavy atom. The fourth-order valence-electron chi connectivity index (χ4n) is 2.34. The lowest BCUT2D eigenvalue weighted by Gasteiger charge is -2.15. The highest BCUT2D eigenvalue weighted by molar-refractivity contribution is 5.95. The Labute approximate surface area is 152 Å². The fourth-order valence-corrected chi connectivity index (χ4v) is 2.34. The zero-order valence-electron chi connectivity index (χ0n) is 14.9. The van der Waals surface area contributed by atoms with Crippen LogP contribution >= 0.6 is 0 Å². The van der Waals surface area contributed by atoms with Crippen LogP contribution in [0.4, 0.5) is 16.2 Å². The first-order chi connectivity index (χ1) is 12.5. The molecule has 2 aromatic rings. The maximum Gasteiger partial charge on any atom is 0.319 e. The molecule has 1 aliphatic rings. The number of carbonyl (C=O) groups is 2. The molecular formula is C20H23N3O3. The molecule has 0 saturated heterocycles. The lowest BCUT2D eigenvalue weighted by molar-refractivity contribution is -0.122. The molecule has 3 rings (SSSR count). The molecule has 6 heteroatoms. The van der Waals surface area contributed by atoms with Gasteiger partial charge in [-0.05, 0) is 63.1 Å². The van der Waals surface area contributed by atoms with Crippen LogP contribution in [0.2, 0.25) is 0 Å². The lowest BCUT2D eigenvalue weighted by atomic mass is 10.2. The van der Waals surface area contributed by atoms with E-state index in [0.717, 1.165) is 18.4 Å². The van der Waals surface area contributed by atoms with Gasteiger partial charge in [0.1, 0.15) is 5.75 Å². The molecule has 3 amide bonds. The quantitative estimate of drug-likeness (QED) is 0.741. The number of benzene rings is 2. The topological polar surface area (TPSA) is 79.5 Å². The van der Waals surface area contributed by atoms with Crippen molar-refractivity contribution in [2.75, 3.05) is 10.6 Å². The van der Waals surface area contributed by atoms with Crippen LogP contribution in [0.3, 0.4) is 0 Å². The third-order valence-corrected chi connectivity index (χ3v) is 4.03. The van der Waals surface area contributed by atoms with Crippen LogP contribution in [0.15, 0.2) is 48.5 Å². The van der Waals surface area contributed by atoms with Crippen LogP contribution < -0.4 is 20.7 Å². The first kappa shape index (κ1) is 17.8. The van der Waals surface area contributed by atoms with E-state index in [1.165, 1.54) is 0 Å². The number of nitrogens with one attached hydrogen (secondary N) is 3. The Morgan fingerprint density at radius 1 is 0.962 bits per heavy atom. The number of aryl methyl sites for hydroxylation is 1. The normalized spacial score (nSPS) is 14.2. The third-order valence-electron chi connectivity index (χ3n) is 4.03. The second-order valence-electron chi connectivity index (χ2n) is 6.51. The number of amides is 3. The van der Waals surface area contributed by atoms with Crippen LogP contribution in [0.25, 0.3) is 0 Å². The summed E-state index contributed by atoms with van der Waals surface area (Å²) in [7, 11) is 0. The van der Waals surface area contributed by atoms with Gasteiger partial charge in [0.15, 0.2) is 6.10 Å². The first-order valence-electron chi connectivity index (χ1n) is 8.71. The van der Waals surface area contributed by atoms with Gasteiger partial charge in [-0.15, -0.1) is 0 Å². The summed E-state index contributed by atoms with van der Waals surface area (Å²) in [4.78, 5) is 24.0. The standard InChI is InChI=1S/C20H23N3O3/c1-13-3-11-18(12-4-13)26-14(2)19(24)21-15-5-7-16(8-6-15)22-20(25)23-17-9-10-17/h3-8,11-12,14,17H,9-10H2,1-2H3,(H,21,24)(H2,22,23,25). The number of anilines is 2. The average Bonchev–Trinajstić information content (AvgIpc) is 3.42. The van der Waals surface area contributed by atoms with Crippen molar-refractivity contribution in [1.29, 1.82) is 0 Å². The van der Waals surface area contributed by atoms with Crippen LogP contribution in [0.1, 0.15) is 25.3 Å². The molecule has 0 aliphatic heterocycles. The highest BCUT2D eigenvalue weighted by atomic mass is 16.5. The van der Waals surface area contributed by atoms with Gasteiger partial charge in [-0.3, -0.25) is 4.79 Å². The summed E-state index contributed by atoms with van der Waals surface area (Å²) in [6, 6.07) is 14.6. The van der Waals surface area contributed by atoms with E-state index < -0.39 is 6.10 Å². The summed E-state index contributed by atoms with van der Waals surface area (Å²) in [5.74, 6) is 0.414. The van der Waals surface area contributed by atoms with Crippen molar-refractivity contribution in [3.63, 3.8) is 0 Å². The third kappa shape index (κ3) is 5.24. The molecule has 0 bridgehead atoms. The highest BCUT2D eigenvalue weighted by Crippen LogP contribution is 2.19. The van der Waals surface area contributed by atoms with Crippen molar-refractivity contribution < 1.29 is 14.3 Å². The van der Waals surface area contributed by atoms with Crippen molar-refractivity contribution >= 4 is 23.3 Å². The maximum absolute atomic E-state index is 12.3. The van der Waals surface area contributed by atoms with Crippen molar-refractivity contribution in [2.24, 2.45) is 0 Å². The highest BCUT2D eigenvalue weighted by Gasteiger charge is 2.23. The number of hydrogen-bond donors (Lipinski definition) is 3. The molecular weight excluding hydrogens is 330 g/mol. The Bertz CT molecular complexity index is 768. The predicted octanol–water partition coefficient (Wildman–Crippen LogP) is 3.68. The zero-order valence-corrected chi connectivity index (χ0v) is 14.9. The zero-order chi connectivity index (χ0) is 18.5. The molecule has 3 N–H and O–H groups in total. The maximum atomic E-state index is 12.3. The molecule has 0 radical (unpaired) electrons. The van der Waals surface area contributed by atoms with E-state index in [-0.39, 0.29) is 11.9 Å². The second-order valence-corrected chi connectivity index (χ2v) is 6.51. The molecule has 136 valence electrons. The number of urea groups is 1. The molecule has 26 heavy (non-hydrogen) atoms. The van der Waals surface area contributed by atoms with Crippen LogP contribution in [0.5, 0.6) is 5.75 Å². The Balaban J connectivity index is 1.49. The van der Waals surface area contributed by atoms with E-state index in [0.29, 0.717) is 23.2 Å². The Hall–Kier alpha value is -3.02. The van der Waals surface area contributed by atoms with Crippen LogP contribution in [-0.2, 0) is 4.79 Å². The van der Waals surface area contributed by atoms with Gasteiger partial charge in [-0.25, -0.2) is 4.79 Å². The summed E-state index contributed by atoms with van der Waals surface area (Å²) < 4.78 is 5.65. The lowest BCUT2D eigenvalue weighted by Crippen LogP contribution is -2.30. The minimum atomic E-state index is -0.625. The van der Waals surface area contributed by atoms with Crippen LogP contribution in [0, 0.1) is 6.92 Å².